The number of carbonyl (C=O) groups is 1. The maximum Gasteiger partial charge on any atom is 0.243 e. The van der Waals surface area contributed by atoms with Crippen LogP contribution in [0, 0.1) is 12.7 Å². The summed E-state index contributed by atoms with van der Waals surface area (Å²) in [6, 6.07) is 12.0. The number of likely N-dealkylation sites (N-methyl/N-ethyl adjacent to an activating group) is 1. The molecule has 0 fully saturated rings. The first-order chi connectivity index (χ1) is 11.7. The third kappa shape index (κ3) is 4.87. The lowest BCUT2D eigenvalue weighted by atomic mass is 10.1. The molecule has 1 N–H and O–H groups in total. The molecule has 1 amide bonds. The molecule has 1 unspecified atom stereocenters. The van der Waals surface area contributed by atoms with Crippen molar-refractivity contribution >= 4 is 15.9 Å². The molecule has 2 aromatic rings. The quantitative estimate of drug-likeness (QED) is 0.857. The van der Waals surface area contributed by atoms with Crippen LogP contribution in [0.15, 0.2) is 53.4 Å². The lowest BCUT2D eigenvalue weighted by molar-refractivity contribution is -0.121. The van der Waals surface area contributed by atoms with E-state index in [-0.39, 0.29) is 17.5 Å². The van der Waals surface area contributed by atoms with Crippen LogP contribution < -0.4 is 5.32 Å². The Bertz CT molecular complexity index is 834. The van der Waals surface area contributed by atoms with Crippen LogP contribution >= 0.6 is 0 Å². The molecule has 0 bridgehead atoms. The smallest absolute Gasteiger partial charge is 0.243 e. The number of carbonyl (C=O) groups excluding carboxylic acids is 1. The maximum absolute atomic E-state index is 12.9. The van der Waals surface area contributed by atoms with Crippen LogP contribution in [0.3, 0.4) is 0 Å². The second-order valence-corrected chi connectivity index (χ2v) is 7.96. The fraction of sp³-hybridized carbons (Fsp3) is 0.278. The second-order valence-electron chi connectivity index (χ2n) is 5.91. The Morgan fingerprint density at radius 2 is 1.68 bits per heavy atom. The van der Waals surface area contributed by atoms with Crippen molar-refractivity contribution in [2.45, 2.75) is 24.8 Å². The lowest BCUT2D eigenvalue weighted by Crippen LogP contribution is -2.39. The molecule has 0 aliphatic rings. The Morgan fingerprint density at radius 1 is 1.12 bits per heavy atom. The highest BCUT2D eigenvalue weighted by molar-refractivity contribution is 7.89. The fourth-order valence-electron chi connectivity index (χ4n) is 2.30. The lowest BCUT2D eigenvalue weighted by Gasteiger charge is -2.19. The number of amides is 1. The van der Waals surface area contributed by atoms with Crippen LogP contribution in [-0.4, -0.2) is 32.2 Å². The van der Waals surface area contributed by atoms with Gasteiger partial charge in [0.15, 0.2) is 0 Å². The van der Waals surface area contributed by atoms with E-state index in [1.165, 1.54) is 19.2 Å². The molecule has 25 heavy (non-hydrogen) atoms. The zero-order chi connectivity index (χ0) is 18.6. The molecular weight excluding hydrogens is 343 g/mol. The molecule has 0 aliphatic carbocycles. The predicted molar refractivity (Wildman–Crippen MR) is 94.0 cm³/mol. The molecule has 1 atom stereocenters. The largest absolute Gasteiger partial charge is 0.348 e. The number of sulfonamides is 1. The second kappa shape index (κ2) is 7.76. The van der Waals surface area contributed by atoms with Crippen LogP contribution in [0.5, 0.6) is 0 Å². The van der Waals surface area contributed by atoms with Gasteiger partial charge in [-0.1, -0.05) is 29.8 Å². The Kier molecular flexibility index (Phi) is 5.92. The Balaban J connectivity index is 2.01. The SMILES string of the molecule is Cc1ccc(C(C)NC(=O)CN(C)S(=O)(=O)c2ccc(F)cc2)cc1. The number of benzene rings is 2. The molecule has 2 aromatic carbocycles. The molecule has 0 radical (unpaired) electrons. The monoisotopic (exact) mass is 364 g/mol. The van der Waals surface area contributed by atoms with Gasteiger partial charge in [-0.3, -0.25) is 4.79 Å². The van der Waals surface area contributed by atoms with E-state index in [4.69, 9.17) is 0 Å². The van der Waals surface area contributed by atoms with Crippen molar-refractivity contribution in [1.29, 1.82) is 0 Å². The number of hydrogen-bond acceptors (Lipinski definition) is 3. The molecule has 0 heterocycles. The normalized spacial score (nSPS) is 12.8. The number of rotatable bonds is 6. The molecule has 0 saturated carbocycles. The van der Waals surface area contributed by atoms with Crippen molar-refractivity contribution in [3.63, 3.8) is 0 Å². The predicted octanol–water partition coefficient (Wildman–Crippen LogP) is 2.63. The molecule has 0 spiro atoms. The van der Waals surface area contributed by atoms with Gasteiger partial charge in [0.05, 0.1) is 17.5 Å². The van der Waals surface area contributed by atoms with Gasteiger partial charge in [-0.2, -0.15) is 4.31 Å². The molecule has 5 nitrogen and oxygen atoms in total. The van der Waals surface area contributed by atoms with Gasteiger partial charge >= 0.3 is 0 Å². The molecule has 7 heteroatoms. The highest BCUT2D eigenvalue weighted by Gasteiger charge is 2.23. The molecule has 134 valence electrons. The van der Waals surface area contributed by atoms with Crippen LogP contribution in [-0.2, 0) is 14.8 Å². The van der Waals surface area contributed by atoms with Gasteiger partial charge in [-0.05, 0) is 43.7 Å². The van der Waals surface area contributed by atoms with Crippen molar-refractivity contribution in [2.75, 3.05) is 13.6 Å². The highest BCUT2D eigenvalue weighted by Crippen LogP contribution is 2.16. The zero-order valence-corrected chi connectivity index (χ0v) is 15.2. The number of halogens is 1. The average molecular weight is 364 g/mol. The summed E-state index contributed by atoms with van der Waals surface area (Å²) in [6.07, 6.45) is 0. The summed E-state index contributed by atoms with van der Waals surface area (Å²) >= 11 is 0. The zero-order valence-electron chi connectivity index (χ0n) is 14.4. The van der Waals surface area contributed by atoms with Gasteiger partial charge in [0.25, 0.3) is 0 Å². The first-order valence-electron chi connectivity index (χ1n) is 7.78. The molecule has 2 rings (SSSR count). The fourth-order valence-corrected chi connectivity index (χ4v) is 3.43. The van der Waals surface area contributed by atoms with Crippen molar-refractivity contribution in [3.8, 4) is 0 Å². The third-order valence-electron chi connectivity index (χ3n) is 3.84. The van der Waals surface area contributed by atoms with E-state index >= 15 is 0 Å². The molecule has 0 saturated heterocycles. The van der Waals surface area contributed by atoms with Crippen molar-refractivity contribution in [2.24, 2.45) is 0 Å². The minimum Gasteiger partial charge on any atom is -0.348 e. The minimum absolute atomic E-state index is 0.0595. The van der Waals surface area contributed by atoms with E-state index in [2.05, 4.69) is 5.32 Å². The van der Waals surface area contributed by atoms with Gasteiger partial charge in [0.1, 0.15) is 5.82 Å². The number of hydrogen-bond donors (Lipinski definition) is 1. The highest BCUT2D eigenvalue weighted by atomic mass is 32.2. The van der Waals surface area contributed by atoms with Crippen LogP contribution in [0.4, 0.5) is 4.39 Å². The maximum atomic E-state index is 12.9. The van der Waals surface area contributed by atoms with Gasteiger partial charge in [0.2, 0.25) is 15.9 Å². The minimum atomic E-state index is -3.85. The standard InChI is InChI=1S/C18H21FN2O3S/c1-13-4-6-15(7-5-13)14(2)20-18(22)12-21(3)25(23,24)17-10-8-16(19)9-11-17/h4-11,14H,12H2,1-3H3,(H,20,22). The van der Waals surface area contributed by atoms with E-state index in [1.54, 1.807) is 0 Å². The molecular formula is C18H21FN2O3S. The van der Waals surface area contributed by atoms with Crippen molar-refractivity contribution in [3.05, 3.63) is 65.5 Å². The Hall–Kier alpha value is -2.25. The van der Waals surface area contributed by atoms with Crippen LogP contribution in [0.25, 0.3) is 0 Å². The van der Waals surface area contributed by atoms with E-state index in [0.717, 1.165) is 27.6 Å². The van der Waals surface area contributed by atoms with Gasteiger partial charge in [0, 0.05) is 7.05 Å². The van der Waals surface area contributed by atoms with Gasteiger partial charge < -0.3 is 5.32 Å². The summed E-state index contributed by atoms with van der Waals surface area (Å²) in [5.74, 6) is -0.937. The van der Waals surface area contributed by atoms with Crippen molar-refractivity contribution < 1.29 is 17.6 Å². The van der Waals surface area contributed by atoms with Gasteiger partial charge in [-0.15, -0.1) is 0 Å². The first kappa shape index (κ1) is 19.1. The number of nitrogens with one attached hydrogen (secondary N) is 1. The summed E-state index contributed by atoms with van der Waals surface area (Å²) < 4.78 is 38.7. The topological polar surface area (TPSA) is 66.5 Å². The summed E-state index contributed by atoms with van der Waals surface area (Å²) in [5.41, 5.74) is 2.05. The Morgan fingerprint density at radius 3 is 2.24 bits per heavy atom. The number of aryl methyl sites for hydroxylation is 1. The first-order valence-corrected chi connectivity index (χ1v) is 9.22. The molecule has 0 aromatic heterocycles. The summed E-state index contributed by atoms with van der Waals surface area (Å²) in [7, 11) is -2.54. The average Bonchev–Trinajstić information content (AvgIpc) is 2.55. The van der Waals surface area contributed by atoms with Crippen LogP contribution in [0.2, 0.25) is 0 Å². The van der Waals surface area contributed by atoms with E-state index in [1.807, 2.05) is 38.1 Å². The van der Waals surface area contributed by atoms with E-state index in [9.17, 15) is 17.6 Å². The van der Waals surface area contributed by atoms with E-state index < -0.39 is 21.7 Å². The van der Waals surface area contributed by atoms with Gasteiger partial charge in [-0.25, -0.2) is 12.8 Å². The summed E-state index contributed by atoms with van der Waals surface area (Å²) in [6.45, 7) is 3.48. The summed E-state index contributed by atoms with van der Waals surface area (Å²) in [4.78, 5) is 12.1. The van der Waals surface area contributed by atoms with E-state index in [0.29, 0.717) is 0 Å². The number of nitrogens with zero attached hydrogens (tertiary/aromatic N) is 1. The molecule has 0 aliphatic heterocycles. The summed E-state index contributed by atoms with van der Waals surface area (Å²) in [5, 5.41) is 2.77. The Labute approximate surface area is 147 Å². The van der Waals surface area contributed by atoms with Crippen LogP contribution in [0.1, 0.15) is 24.1 Å². The van der Waals surface area contributed by atoms with Crippen molar-refractivity contribution in [1.82, 2.24) is 9.62 Å². The third-order valence-corrected chi connectivity index (χ3v) is 5.66.